The fourth-order valence-electron chi connectivity index (χ4n) is 8.65. The molecule has 4 heterocycles. The normalized spacial score (nSPS) is 13.3. The summed E-state index contributed by atoms with van der Waals surface area (Å²) in [4.78, 5) is 11.3. The van der Waals surface area contributed by atoms with Gasteiger partial charge < -0.3 is 0 Å². The van der Waals surface area contributed by atoms with Crippen LogP contribution in [0.5, 0.6) is 0 Å². The fraction of sp³-hybridized carbons (Fsp3) is 0. The van der Waals surface area contributed by atoms with Crippen LogP contribution in [0.1, 0.15) is 0 Å². The summed E-state index contributed by atoms with van der Waals surface area (Å²) in [5, 5.41) is 5.03. The third kappa shape index (κ3) is 4.00. The van der Waals surface area contributed by atoms with Gasteiger partial charge in [0, 0.05) is 0 Å². The molecule has 5 heteroatoms. The number of fused-ring (bicyclic) bond motifs is 10. The van der Waals surface area contributed by atoms with Gasteiger partial charge in [-0.3, -0.25) is 0 Å². The Balaban J connectivity index is 1.41. The molecule has 0 unspecified atom stereocenters. The van der Waals surface area contributed by atoms with Crippen molar-refractivity contribution in [3.63, 3.8) is 0 Å². The third-order valence-electron chi connectivity index (χ3n) is 10.7. The summed E-state index contributed by atoms with van der Waals surface area (Å²) in [7, 11) is 0. The van der Waals surface area contributed by atoms with E-state index >= 15 is 0 Å². The molecular formula is C46H29GeN3S. The van der Waals surface area contributed by atoms with Crippen molar-refractivity contribution in [2.45, 2.75) is 0 Å². The summed E-state index contributed by atoms with van der Waals surface area (Å²) in [6, 6.07) is 64.3. The second-order valence-corrected chi connectivity index (χ2v) is 22.1. The van der Waals surface area contributed by atoms with Crippen molar-refractivity contribution in [1.82, 2.24) is 14.5 Å². The Morgan fingerprint density at radius 2 is 1.12 bits per heavy atom. The molecule has 0 spiro atoms. The molecule has 0 bridgehead atoms. The van der Waals surface area contributed by atoms with Crippen molar-refractivity contribution in [2.75, 3.05) is 0 Å². The van der Waals surface area contributed by atoms with Gasteiger partial charge in [0.15, 0.2) is 0 Å². The molecule has 0 amide bonds. The van der Waals surface area contributed by atoms with E-state index in [1.165, 1.54) is 59.6 Å². The Morgan fingerprint density at radius 3 is 1.88 bits per heavy atom. The van der Waals surface area contributed by atoms with Crippen LogP contribution in [-0.2, 0) is 0 Å². The van der Waals surface area contributed by atoms with Crippen LogP contribution in [0.4, 0.5) is 0 Å². The molecule has 51 heavy (non-hydrogen) atoms. The van der Waals surface area contributed by atoms with Gasteiger partial charge in [-0.05, 0) is 0 Å². The van der Waals surface area contributed by atoms with Crippen LogP contribution in [0, 0.1) is 0 Å². The second-order valence-electron chi connectivity index (χ2n) is 13.3. The number of benzene rings is 7. The zero-order valence-corrected chi connectivity index (χ0v) is 30.4. The van der Waals surface area contributed by atoms with E-state index in [4.69, 9.17) is 9.97 Å². The standard InChI is InChI=1S/C46H29GeN3S/c1-4-16-30(17-5-1)45-48-43-35-23-10-13-25-37(35)47(31-18-6-2-7-19-31,32-20-8-3-9-21-32)42(43)46(49-45)50-38-26-14-11-22-33(38)34-28-29-40-41(44(34)50)36-24-12-15-27-39(36)51-40/h1-29H. The molecule has 1 aliphatic heterocycles. The second kappa shape index (κ2) is 11.1. The van der Waals surface area contributed by atoms with Gasteiger partial charge in [0.2, 0.25) is 0 Å². The van der Waals surface area contributed by atoms with Crippen LogP contribution >= 0.6 is 11.3 Å². The molecule has 10 aromatic rings. The topological polar surface area (TPSA) is 30.7 Å². The van der Waals surface area contributed by atoms with Crippen LogP contribution < -0.4 is 17.6 Å². The van der Waals surface area contributed by atoms with E-state index < -0.39 is 13.3 Å². The van der Waals surface area contributed by atoms with Crippen LogP contribution in [0.15, 0.2) is 176 Å². The molecule has 0 atom stereocenters. The number of rotatable bonds is 4. The number of thiophene rings is 1. The maximum absolute atomic E-state index is 5.76. The molecule has 11 rings (SSSR count). The molecule has 0 aliphatic carbocycles. The van der Waals surface area contributed by atoms with E-state index in [1.807, 2.05) is 11.3 Å². The predicted molar refractivity (Wildman–Crippen MR) is 217 cm³/mol. The Bertz CT molecular complexity index is 2930. The average Bonchev–Trinajstić information content (AvgIpc) is 3.85. The molecule has 0 fully saturated rings. The molecular weight excluding hydrogens is 699 g/mol. The third-order valence-corrected chi connectivity index (χ3v) is 22.0. The first-order chi connectivity index (χ1) is 25.3. The van der Waals surface area contributed by atoms with E-state index in [9.17, 15) is 0 Å². The van der Waals surface area contributed by atoms with Crippen molar-refractivity contribution in [3.8, 4) is 28.5 Å². The van der Waals surface area contributed by atoms with Crippen LogP contribution in [0.3, 0.4) is 0 Å². The van der Waals surface area contributed by atoms with Gasteiger partial charge in [-0.25, -0.2) is 0 Å². The Morgan fingerprint density at radius 1 is 0.490 bits per heavy atom. The van der Waals surface area contributed by atoms with Crippen molar-refractivity contribution < 1.29 is 0 Å². The van der Waals surface area contributed by atoms with Crippen LogP contribution in [0.25, 0.3) is 70.4 Å². The van der Waals surface area contributed by atoms with Gasteiger partial charge in [-0.2, -0.15) is 0 Å². The molecule has 3 aromatic heterocycles. The van der Waals surface area contributed by atoms with E-state index in [-0.39, 0.29) is 0 Å². The molecule has 0 saturated heterocycles. The number of aromatic nitrogens is 3. The van der Waals surface area contributed by atoms with Crippen LogP contribution in [-0.4, -0.2) is 27.8 Å². The minimum absolute atomic E-state index is 0.742. The molecule has 0 saturated carbocycles. The van der Waals surface area contributed by atoms with Crippen molar-refractivity contribution in [1.29, 1.82) is 0 Å². The van der Waals surface area contributed by atoms with Crippen molar-refractivity contribution >= 4 is 84.2 Å². The fourth-order valence-corrected chi connectivity index (χ4v) is 20.6. The van der Waals surface area contributed by atoms with Crippen molar-refractivity contribution in [3.05, 3.63) is 176 Å². The molecule has 7 aromatic carbocycles. The quantitative estimate of drug-likeness (QED) is 0.170. The van der Waals surface area contributed by atoms with E-state index in [1.54, 1.807) is 0 Å². The Kier molecular flexibility index (Phi) is 6.30. The zero-order valence-electron chi connectivity index (χ0n) is 27.5. The van der Waals surface area contributed by atoms with E-state index in [0.717, 1.165) is 28.4 Å². The summed E-state index contributed by atoms with van der Waals surface area (Å²) in [5.41, 5.74) is 5.64. The predicted octanol–water partition coefficient (Wildman–Crippen LogP) is 8.97. The van der Waals surface area contributed by atoms with E-state index in [0.29, 0.717) is 0 Å². The summed E-state index contributed by atoms with van der Waals surface area (Å²) < 4.78 is 10.5. The number of nitrogens with zero attached hydrogens (tertiary/aromatic N) is 3. The average molecular weight is 728 g/mol. The van der Waals surface area contributed by atoms with Gasteiger partial charge in [-0.1, -0.05) is 0 Å². The number of hydrogen-bond acceptors (Lipinski definition) is 3. The molecule has 0 N–H and O–H groups in total. The van der Waals surface area contributed by atoms with Gasteiger partial charge in [-0.15, -0.1) is 0 Å². The van der Waals surface area contributed by atoms with Gasteiger partial charge in [0.1, 0.15) is 0 Å². The maximum atomic E-state index is 5.76. The minimum atomic E-state index is -3.78. The number of para-hydroxylation sites is 1. The first-order valence-electron chi connectivity index (χ1n) is 17.3. The van der Waals surface area contributed by atoms with Gasteiger partial charge in [0.05, 0.1) is 0 Å². The van der Waals surface area contributed by atoms with Gasteiger partial charge >= 0.3 is 303 Å². The monoisotopic (exact) mass is 729 g/mol. The van der Waals surface area contributed by atoms with Gasteiger partial charge in [0.25, 0.3) is 0 Å². The number of hydrogen-bond donors (Lipinski definition) is 0. The first kappa shape index (κ1) is 29.0. The zero-order chi connectivity index (χ0) is 33.5. The van der Waals surface area contributed by atoms with Crippen LogP contribution in [0.2, 0.25) is 0 Å². The summed E-state index contributed by atoms with van der Waals surface area (Å²) >= 11 is -1.91. The Labute approximate surface area is 301 Å². The molecule has 238 valence electrons. The van der Waals surface area contributed by atoms with Crippen molar-refractivity contribution in [2.24, 2.45) is 0 Å². The molecule has 0 radical (unpaired) electrons. The summed E-state index contributed by atoms with van der Waals surface area (Å²) in [6.45, 7) is 0. The molecule has 3 nitrogen and oxygen atoms in total. The van der Waals surface area contributed by atoms with E-state index in [2.05, 4.69) is 180 Å². The molecule has 1 aliphatic rings. The summed E-state index contributed by atoms with van der Waals surface area (Å²) in [5.74, 6) is 1.73. The first-order valence-corrected chi connectivity index (χ1v) is 22.4. The SMILES string of the molecule is c1ccc(-c2nc3[c](c(-n4c5ccccc5c5ccc6sc7ccccc7c6c54)n2)[Ge]([c]2ccccc2)([c]2ccccc2)[c]2ccccc2-3)cc1. The Hall–Kier alpha value is -5.82. The summed E-state index contributed by atoms with van der Waals surface area (Å²) in [6.07, 6.45) is 0.